The smallest absolute Gasteiger partial charge is 0.358 e. The molecule has 0 saturated carbocycles. The molecule has 1 aromatic heterocycles. The number of benzene rings is 1. The van der Waals surface area contributed by atoms with Crippen molar-refractivity contribution in [1.29, 1.82) is 0 Å². The van der Waals surface area contributed by atoms with Crippen LogP contribution >= 0.6 is 11.6 Å². The first-order chi connectivity index (χ1) is 14.0. The Balaban J connectivity index is 1.98. The predicted octanol–water partition coefficient (Wildman–Crippen LogP) is 2.14. The van der Waals surface area contributed by atoms with E-state index in [9.17, 15) is 14.0 Å². The second-order valence-corrected chi connectivity index (χ2v) is 6.67. The maximum absolute atomic E-state index is 14.1. The monoisotopic (exact) mass is 422 g/mol. The molecule has 1 aliphatic rings. The Kier molecular flexibility index (Phi) is 6.95. The van der Waals surface area contributed by atoms with Gasteiger partial charge < -0.3 is 19.7 Å². The van der Waals surface area contributed by atoms with Crippen LogP contribution in [0.4, 0.5) is 10.2 Å². The average Bonchev–Trinajstić information content (AvgIpc) is 2.74. The summed E-state index contributed by atoms with van der Waals surface area (Å²) in [6.07, 6.45) is 3.18. The van der Waals surface area contributed by atoms with Crippen LogP contribution in [0, 0.1) is 5.82 Å². The highest BCUT2D eigenvalue weighted by Gasteiger charge is 2.26. The zero-order chi connectivity index (χ0) is 20.8. The van der Waals surface area contributed by atoms with Gasteiger partial charge in [0.2, 0.25) is 5.91 Å². The number of hydrogen-bond donors (Lipinski definition) is 1. The molecule has 0 aliphatic carbocycles. The van der Waals surface area contributed by atoms with Crippen LogP contribution in [0.25, 0.3) is 0 Å². The topological polar surface area (TPSA) is 93.7 Å². The minimum atomic E-state index is -0.601. The summed E-state index contributed by atoms with van der Waals surface area (Å²) in [4.78, 5) is 33.6. The molecule has 0 radical (unpaired) electrons. The van der Waals surface area contributed by atoms with Gasteiger partial charge in [-0.3, -0.25) is 4.79 Å². The molecule has 1 atom stereocenters. The van der Waals surface area contributed by atoms with E-state index in [-0.39, 0.29) is 35.9 Å². The zero-order valence-electron chi connectivity index (χ0n) is 15.7. The van der Waals surface area contributed by atoms with E-state index in [0.29, 0.717) is 30.9 Å². The molecule has 1 amide bonds. The predicted molar refractivity (Wildman–Crippen MR) is 103 cm³/mol. The van der Waals surface area contributed by atoms with Gasteiger partial charge in [0, 0.05) is 19.7 Å². The highest BCUT2D eigenvalue weighted by molar-refractivity contribution is 6.31. The summed E-state index contributed by atoms with van der Waals surface area (Å²) in [5.41, 5.74) is 0.635. The Bertz CT molecular complexity index is 881. The Labute approximate surface area is 172 Å². The number of amides is 1. The highest BCUT2D eigenvalue weighted by Crippen LogP contribution is 2.34. The number of carbonyl (C=O) groups excluding carboxylic acids is 2. The molecule has 1 unspecified atom stereocenters. The molecule has 8 nitrogen and oxygen atoms in total. The van der Waals surface area contributed by atoms with Crippen molar-refractivity contribution in [3.63, 3.8) is 0 Å². The standard InChI is InChI=1S/C19H20ClFN4O4/c1-28-19(27)14-9-24-16(10-23-14)25-7-6-22-17(26)11-29-8-5-15(25)12-3-2-4-13(21)18(12)20/h2-4,9-10,15H,5-8,11H2,1H3,(H,22,26). The lowest BCUT2D eigenvalue weighted by atomic mass is 10.0. The maximum atomic E-state index is 14.1. The van der Waals surface area contributed by atoms with Crippen molar-refractivity contribution < 1.29 is 23.5 Å². The molecular formula is C19H20ClFN4O4. The van der Waals surface area contributed by atoms with E-state index >= 15 is 0 Å². The third kappa shape index (κ3) is 4.99. The number of halogens is 2. The molecule has 1 aromatic carbocycles. The van der Waals surface area contributed by atoms with Crippen molar-refractivity contribution in [3.8, 4) is 0 Å². The third-order valence-electron chi connectivity index (χ3n) is 4.49. The summed E-state index contributed by atoms with van der Waals surface area (Å²) in [5.74, 6) is -0.907. The van der Waals surface area contributed by atoms with Crippen molar-refractivity contribution in [3.05, 3.63) is 52.7 Å². The van der Waals surface area contributed by atoms with E-state index in [1.807, 2.05) is 4.90 Å². The zero-order valence-corrected chi connectivity index (χ0v) is 16.5. The van der Waals surface area contributed by atoms with Gasteiger partial charge in [-0.05, 0) is 18.1 Å². The lowest BCUT2D eigenvalue weighted by Crippen LogP contribution is -2.41. The molecule has 10 heteroatoms. The normalized spacial score (nSPS) is 18.1. The number of rotatable bonds is 3. The quantitative estimate of drug-likeness (QED) is 0.757. The molecule has 1 N–H and O–H groups in total. The molecule has 2 heterocycles. The number of esters is 1. The highest BCUT2D eigenvalue weighted by atomic mass is 35.5. The molecular weight excluding hydrogens is 403 g/mol. The van der Waals surface area contributed by atoms with Crippen LogP contribution in [-0.4, -0.2) is 55.3 Å². The largest absolute Gasteiger partial charge is 0.464 e. The molecule has 29 heavy (non-hydrogen) atoms. The Hall–Kier alpha value is -2.78. The van der Waals surface area contributed by atoms with Crippen LogP contribution in [-0.2, 0) is 14.3 Å². The van der Waals surface area contributed by atoms with Crippen LogP contribution in [0.2, 0.25) is 5.02 Å². The Morgan fingerprint density at radius 3 is 2.93 bits per heavy atom. The van der Waals surface area contributed by atoms with Crippen molar-refractivity contribution in [2.45, 2.75) is 12.5 Å². The molecule has 154 valence electrons. The second-order valence-electron chi connectivity index (χ2n) is 6.29. The van der Waals surface area contributed by atoms with E-state index in [4.69, 9.17) is 16.3 Å². The molecule has 0 bridgehead atoms. The van der Waals surface area contributed by atoms with Gasteiger partial charge >= 0.3 is 5.97 Å². The fourth-order valence-electron chi connectivity index (χ4n) is 3.09. The van der Waals surface area contributed by atoms with E-state index in [1.165, 1.54) is 25.6 Å². The summed E-state index contributed by atoms with van der Waals surface area (Å²) in [5, 5.41) is 2.77. The number of nitrogens with zero attached hydrogens (tertiary/aromatic N) is 3. The van der Waals surface area contributed by atoms with E-state index < -0.39 is 11.8 Å². The van der Waals surface area contributed by atoms with Gasteiger partial charge in [0.05, 0.1) is 30.6 Å². The number of ether oxygens (including phenoxy) is 2. The molecule has 2 aromatic rings. The van der Waals surface area contributed by atoms with E-state index in [2.05, 4.69) is 20.0 Å². The number of methoxy groups -OCH3 is 1. The third-order valence-corrected chi connectivity index (χ3v) is 4.89. The fourth-order valence-corrected chi connectivity index (χ4v) is 3.35. The molecule has 1 aliphatic heterocycles. The molecule has 1 fully saturated rings. The first-order valence-corrected chi connectivity index (χ1v) is 9.34. The minimum absolute atomic E-state index is 0.0164. The van der Waals surface area contributed by atoms with E-state index in [1.54, 1.807) is 12.1 Å². The lowest BCUT2D eigenvalue weighted by molar-refractivity contribution is -0.125. The maximum Gasteiger partial charge on any atom is 0.358 e. The first kappa shape index (κ1) is 20.9. The summed E-state index contributed by atoms with van der Waals surface area (Å²) >= 11 is 6.25. The summed E-state index contributed by atoms with van der Waals surface area (Å²) in [6.45, 7) is 0.897. The van der Waals surface area contributed by atoms with Gasteiger partial charge in [0.15, 0.2) is 5.69 Å². The molecule has 1 saturated heterocycles. The van der Waals surface area contributed by atoms with Crippen molar-refractivity contribution in [1.82, 2.24) is 15.3 Å². The van der Waals surface area contributed by atoms with Crippen molar-refractivity contribution >= 4 is 29.3 Å². The number of nitrogens with one attached hydrogen (secondary N) is 1. The molecule has 3 rings (SSSR count). The van der Waals surface area contributed by atoms with Gasteiger partial charge in [-0.1, -0.05) is 23.7 Å². The van der Waals surface area contributed by atoms with E-state index in [0.717, 1.165) is 0 Å². The number of hydrogen-bond acceptors (Lipinski definition) is 7. The van der Waals surface area contributed by atoms with Crippen LogP contribution in [0.15, 0.2) is 30.6 Å². The Morgan fingerprint density at radius 1 is 1.38 bits per heavy atom. The number of aromatic nitrogens is 2. The van der Waals surface area contributed by atoms with Crippen LogP contribution in [0.1, 0.15) is 28.5 Å². The van der Waals surface area contributed by atoms with Gasteiger partial charge in [0.1, 0.15) is 18.2 Å². The number of anilines is 1. The van der Waals surface area contributed by atoms with Gasteiger partial charge in [0.25, 0.3) is 0 Å². The van der Waals surface area contributed by atoms with Crippen LogP contribution in [0.5, 0.6) is 0 Å². The van der Waals surface area contributed by atoms with Gasteiger partial charge in [-0.15, -0.1) is 0 Å². The molecule has 0 spiro atoms. The minimum Gasteiger partial charge on any atom is -0.464 e. The average molecular weight is 423 g/mol. The van der Waals surface area contributed by atoms with Crippen LogP contribution < -0.4 is 10.2 Å². The SMILES string of the molecule is COC(=O)c1cnc(N2CCNC(=O)COCCC2c2cccc(F)c2Cl)cn1. The van der Waals surface area contributed by atoms with Crippen LogP contribution in [0.3, 0.4) is 0 Å². The first-order valence-electron chi connectivity index (χ1n) is 8.96. The lowest BCUT2D eigenvalue weighted by Gasteiger charge is -2.34. The van der Waals surface area contributed by atoms with Crippen molar-refractivity contribution in [2.75, 3.05) is 38.3 Å². The van der Waals surface area contributed by atoms with Gasteiger partial charge in [-0.25, -0.2) is 19.2 Å². The summed E-state index contributed by atoms with van der Waals surface area (Å²) < 4.78 is 24.2. The van der Waals surface area contributed by atoms with Gasteiger partial charge in [-0.2, -0.15) is 0 Å². The summed E-state index contributed by atoms with van der Waals surface area (Å²) in [6, 6.07) is 4.23. The summed E-state index contributed by atoms with van der Waals surface area (Å²) in [7, 11) is 1.26. The fraction of sp³-hybridized carbons (Fsp3) is 0.368. The number of carbonyl (C=O) groups is 2. The second kappa shape index (κ2) is 9.62. The Morgan fingerprint density at radius 2 is 2.21 bits per heavy atom. The van der Waals surface area contributed by atoms with Crippen molar-refractivity contribution in [2.24, 2.45) is 0 Å².